The molecule has 0 bridgehead atoms. The number of nitrogen functional groups attached to an aromatic ring is 1. The Labute approximate surface area is 198 Å². The van der Waals surface area contributed by atoms with E-state index in [9.17, 15) is 13.2 Å². The summed E-state index contributed by atoms with van der Waals surface area (Å²) in [6.07, 6.45) is 2.86. The monoisotopic (exact) mass is 489 g/mol. The third-order valence-corrected chi connectivity index (χ3v) is 6.97. The van der Waals surface area contributed by atoms with Crippen molar-refractivity contribution in [3.63, 3.8) is 0 Å². The molecule has 34 heavy (non-hydrogen) atoms. The molecule has 11 nitrogen and oxygen atoms in total. The number of nitrogens with one attached hydrogen (secondary N) is 1. The number of amides is 1. The molecule has 1 atom stereocenters. The van der Waals surface area contributed by atoms with Crippen molar-refractivity contribution in [3.8, 4) is 0 Å². The number of fused-ring (bicyclic) bond motifs is 3. The molecule has 0 spiro atoms. The van der Waals surface area contributed by atoms with Crippen LogP contribution >= 0.6 is 0 Å². The predicted octanol–water partition coefficient (Wildman–Crippen LogP) is 1.29. The minimum atomic E-state index is -4.15. The number of anilines is 2. The number of hydrogen-bond donors (Lipinski definition) is 4. The van der Waals surface area contributed by atoms with Crippen LogP contribution in [0.2, 0.25) is 0 Å². The third kappa shape index (κ3) is 5.24. The van der Waals surface area contributed by atoms with Crippen molar-refractivity contribution in [1.29, 1.82) is 0 Å². The number of hydrogen-bond acceptors (Lipinski definition) is 8. The number of aromatic amines is 1. The van der Waals surface area contributed by atoms with Crippen LogP contribution in [0.4, 0.5) is 11.5 Å². The highest BCUT2D eigenvalue weighted by Gasteiger charge is 2.26. The number of nitrogens with zero attached hydrogens (tertiary/aromatic N) is 4. The van der Waals surface area contributed by atoms with E-state index in [1.165, 1.54) is 0 Å². The number of rotatable bonds is 8. The van der Waals surface area contributed by atoms with Gasteiger partial charge in [0.2, 0.25) is 5.91 Å². The van der Waals surface area contributed by atoms with Crippen molar-refractivity contribution in [2.45, 2.75) is 38.6 Å². The van der Waals surface area contributed by atoms with Gasteiger partial charge in [-0.3, -0.25) is 9.35 Å². The Morgan fingerprint density at radius 3 is 2.65 bits per heavy atom. The number of unbranched alkanes of at least 4 members (excludes halogenated alkanes) is 1. The second-order valence-electron chi connectivity index (χ2n) is 8.70. The van der Waals surface area contributed by atoms with Gasteiger partial charge in [-0.1, -0.05) is 13.3 Å². The molecule has 3 aromatic rings. The summed E-state index contributed by atoms with van der Waals surface area (Å²) in [5.41, 5.74) is 15.4. The molecule has 1 saturated heterocycles. The van der Waals surface area contributed by atoms with Crippen LogP contribution < -0.4 is 16.4 Å². The Morgan fingerprint density at radius 2 is 1.97 bits per heavy atom. The van der Waals surface area contributed by atoms with Crippen molar-refractivity contribution in [2.24, 2.45) is 5.73 Å². The van der Waals surface area contributed by atoms with E-state index < -0.39 is 21.9 Å². The van der Waals surface area contributed by atoms with Crippen molar-refractivity contribution in [1.82, 2.24) is 19.9 Å². The Bertz CT molecular complexity index is 1300. The van der Waals surface area contributed by atoms with Gasteiger partial charge < -0.3 is 26.3 Å². The van der Waals surface area contributed by atoms with Gasteiger partial charge in [-0.25, -0.2) is 9.97 Å². The first-order valence-corrected chi connectivity index (χ1v) is 13.1. The second kappa shape index (κ2) is 9.72. The third-order valence-electron chi connectivity index (χ3n) is 6.21. The summed E-state index contributed by atoms with van der Waals surface area (Å²) in [5.74, 6) is 0.477. The number of carbonyl (C=O) groups excluding carboxylic acids is 1. The normalized spacial score (nSPS) is 15.9. The van der Waals surface area contributed by atoms with Crippen molar-refractivity contribution < 1.29 is 17.8 Å². The van der Waals surface area contributed by atoms with Crippen LogP contribution in [0.5, 0.6) is 0 Å². The molecule has 4 rings (SSSR count). The van der Waals surface area contributed by atoms with Crippen molar-refractivity contribution >= 4 is 49.5 Å². The van der Waals surface area contributed by atoms with Crippen molar-refractivity contribution in [3.05, 3.63) is 24.0 Å². The Kier molecular flexibility index (Phi) is 6.91. The first-order valence-electron chi connectivity index (χ1n) is 11.5. The summed E-state index contributed by atoms with van der Waals surface area (Å²) < 4.78 is 30.7. The highest BCUT2D eigenvalue weighted by molar-refractivity contribution is 7.85. The summed E-state index contributed by atoms with van der Waals surface area (Å²) >= 11 is 0. The quantitative estimate of drug-likeness (QED) is 0.340. The molecule has 1 aromatic carbocycles. The topological polar surface area (TPSA) is 172 Å². The number of H-pyrrole nitrogens is 1. The van der Waals surface area contributed by atoms with Gasteiger partial charge in [0, 0.05) is 43.7 Å². The van der Waals surface area contributed by atoms with E-state index in [4.69, 9.17) is 16.0 Å². The van der Waals surface area contributed by atoms with Crippen LogP contribution in [-0.4, -0.2) is 76.7 Å². The molecule has 1 aliphatic rings. The van der Waals surface area contributed by atoms with Gasteiger partial charge in [-0.2, -0.15) is 8.42 Å². The maximum Gasteiger partial charge on any atom is 0.264 e. The minimum absolute atomic E-state index is 0.112. The molecule has 184 valence electrons. The Morgan fingerprint density at radius 1 is 1.24 bits per heavy atom. The fraction of sp³-hybridized carbons (Fsp3) is 0.500. The van der Waals surface area contributed by atoms with E-state index in [1.54, 1.807) is 4.90 Å². The Balaban J connectivity index is 1.49. The number of benzene rings is 1. The maximum absolute atomic E-state index is 12.6. The molecule has 1 aliphatic heterocycles. The molecule has 6 N–H and O–H groups in total. The molecular formula is C22H31N7O4S. The second-order valence-corrected chi connectivity index (χ2v) is 10.3. The minimum Gasteiger partial charge on any atom is -0.382 e. The lowest BCUT2D eigenvalue weighted by atomic mass is 10.1. The fourth-order valence-corrected chi connectivity index (χ4v) is 4.84. The lowest BCUT2D eigenvalue weighted by molar-refractivity contribution is -0.132. The van der Waals surface area contributed by atoms with E-state index >= 15 is 0 Å². The van der Waals surface area contributed by atoms with Gasteiger partial charge in [-0.15, -0.1) is 0 Å². The number of aromatic nitrogens is 3. The average Bonchev–Trinajstić information content (AvgIpc) is 3.25. The number of piperazine rings is 1. The number of nitrogens with two attached hydrogens (primary N) is 2. The van der Waals surface area contributed by atoms with Gasteiger partial charge in [0.25, 0.3) is 10.1 Å². The van der Waals surface area contributed by atoms with Crippen LogP contribution in [-0.2, 0) is 21.3 Å². The highest BCUT2D eigenvalue weighted by atomic mass is 32.2. The molecule has 1 fully saturated rings. The Hall–Kier alpha value is -2.96. The van der Waals surface area contributed by atoms with Crippen LogP contribution in [0.1, 0.15) is 32.0 Å². The lowest BCUT2D eigenvalue weighted by Gasteiger charge is -2.37. The molecular weight excluding hydrogens is 458 g/mol. The number of carbonyl (C=O) groups is 1. The predicted molar refractivity (Wildman–Crippen MR) is 132 cm³/mol. The van der Waals surface area contributed by atoms with Crippen LogP contribution in [0.25, 0.3) is 21.9 Å². The molecule has 3 heterocycles. The molecule has 2 aromatic heterocycles. The standard InChI is InChI=1S/C22H31N7O4S/c1-2-3-4-18-26-19-15-13-14(5-6-17(15)25-21(24)20(19)27-18)28-8-10-29(11-9-28)22(30)16(23)7-12-34(31,32)33/h5-6,13,16H,2-4,7-12,23H2,1H3,(H2,24,25)(H,26,27)(H,31,32,33)/t16-/m0/s1. The van der Waals surface area contributed by atoms with E-state index in [1.807, 2.05) is 12.1 Å². The smallest absolute Gasteiger partial charge is 0.264 e. The molecule has 12 heteroatoms. The van der Waals surface area contributed by atoms with Gasteiger partial charge in [0.1, 0.15) is 11.3 Å². The zero-order valence-corrected chi connectivity index (χ0v) is 20.0. The number of pyridine rings is 1. The summed E-state index contributed by atoms with van der Waals surface area (Å²) in [5, 5.41) is 0.947. The van der Waals surface area contributed by atoms with E-state index in [0.29, 0.717) is 37.5 Å². The van der Waals surface area contributed by atoms with Crippen LogP contribution in [0.3, 0.4) is 0 Å². The fourth-order valence-electron chi connectivity index (χ4n) is 4.29. The summed E-state index contributed by atoms with van der Waals surface area (Å²) in [4.78, 5) is 29.0. The number of imidazole rings is 1. The summed E-state index contributed by atoms with van der Waals surface area (Å²) in [6.45, 7) is 4.30. The maximum atomic E-state index is 12.6. The molecule has 0 saturated carbocycles. The zero-order chi connectivity index (χ0) is 24.5. The van der Waals surface area contributed by atoms with E-state index in [-0.39, 0.29) is 12.3 Å². The van der Waals surface area contributed by atoms with Gasteiger partial charge >= 0.3 is 0 Å². The van der Waals surface area contributed by atoms with Gasteiger partial charge in [0.05, 0.1) is 22.8 Å². The molecule has 1 amide bonds. The first-order chi connectivity index (χ1) is 16.2. The lowest BCUT2D eigenvalue weighted by Crippen LogP contribution is -2.53. The molecule has 0 radical (unpaired) electrons. The van der Waals surface area contributed by atoms with E-state index in [2.05, 4.69) is 32.8 Å². The van der Waals surface area contributed by atoms with Crippen LogP contribution in [0, 0.1) is 0 Å². The molecule has 0 unspecified atom stereocenters. The van der Waals surface area contributed by atoms with Crippen molar-refractivity contribution in [2.75, 3.05) is 42.6 Å². The van der Waals surface area contributed by atoms with E-state index in [0.717, 1.165) is 47.2 Å². The summed E-state index contributed by atoms with van der Waals surface area (Å²) in [7, 11) is -4.15. The van der Waals surface area contributed by atoms with Gasteiger partial charge in [-0.05, 0) is 31.0 Å². The number of aryl methyl sites for hydroxylation is 1. The first kappa shape index (κ1) is 24.2. The summed E-state index contributed by atoms with van der Waals surface area (Å²) in [6, 6.07) is 5.04. The SMILES string of the molecule is CCCCc1nc2c(N)nc3ccc(N4CCN(C(=O)[C@@H](N)CCS(=O)(=O)O)CC4)cc3c2[nH]1. The average molecular weight is 490 g/mol. The van der Waals surface area contributed by atoms with Gasteiger partial charge in [0.15, 0.2) is 5.82 Å². The highest BCUT2D eigenvalue weighted by Crippen LogP contribution is 2.30. The molecule has 0 aliphatic carbocycles. The zero-order valence-electron chi connectivity index (χ0n) is 19.2. The largest absolute Gasteiger partial charge is 0.382 e. The van der Waals surface area contributed by atoms with Crippen LogP contribution in [0.15, 0.2) is 18.2 Å².